The molecular formula is C13H18Cl2N2O. The Morgan fingerprint density at radius 1 is 1.28 bits per heavy atom. The summed E-state index contributed by atoms with van der Waals surface area (Å²) in [6, 6.07) is 5.76. The molecule has 0 radical (unpaired) electrons. The van der Waals surface area contributed by atoms with Gasteiger partial charge in [0.1, 0.15) is 0 Å². The van der Waals surface area contributed by atoms with Gasteiger partial charge in [0.2, 0.25) is 0 Å². The minimum Gasteiger partial charge on any atom is -0.396 e. The molecule has 5 heteroatoms. The van der Waals surface area contributed by atoms with Crippen molar-refractivity contribution < 1.29 is 5.11 Å². The highest BCUT2D eigenvalue weighted by molar-refractivity contribution is 6.35. The van der Waals surface area contributed by atoms with E-state index in [4.69, 9.17) is 23.2 Å². The number of aliphatic hydroxyl groups is 1. The molecular weight excluding hydrogens is 271 g/mol. The lowest BCUT2D eigenvalue weighted by Crippen LogP contribution is -2.45. The average Bonchev–Trinajstić information content (AvgIpc) is 2.38. The summed E-state index contributed by atoms with van der Waals surface area (Å²) in [4.78, 5) is 2.36. The van der Waals surface area contributed by atoms with Crippen LogP contribution in [0.1, 0.15) is 18.0 Å². The molecule has 18 heavy (non-hydrogen) atoms. The van der Waals surface area contributed by atoms with Crippen molar-refractivity contribution in [3.05, 3.63) is 33.8 Å². The predicted molar refractivity (Wildman–Crippen MR) is 75.3 cm³/mol. The fourth-order valence-corrected chi connectivity index (χ4v) is 2.96. The van der Waals surface area contributed by atoms with Gasteiger partial charge >= 0.3 is 0 Å². The summed E-state index contributed by atoms with van der Waals surface area (Å²) >= 11 is 12.2. The molecule has 1 aromatic carbocycles. The van der Waals surface area contributed by atoms with Gasteiger partial charge in [0.05, 0.1) is 0 Å². The van der Waals surface area contributed by atoms with Crippen molar-refractivity contribution in [1.29, 1.82) is 0 Å². The highest BCUT2D eigenvalue weighted by Gasteiger charge is 2.23. The largest absolute Gasteiger partial charge is 0.396 e. The van der Waals surface area contributed by atoms with Crippen molar-refractivity contribution in [2.24, 2.45) is 0 Å². The molecule has 0 spiro atoms. The van der Waals surface area contributed by atoms with Crippen molar-refractivity contribution >= 4 is 23.2 Å². The summed E-state index contributed by atoms with van der Waals surface area (Å²) in [5, 5.41) is 13.9. The molecule has 1 heterocycles. The van der Waals surface area contributed by atoms with E-state index in [-0.39, 0.29) is 12.6 Å². The fourth-order valence-electron chi connectivity index (χ4n) is 2.42. The molecule has 0 unspecified atom stereocenters. The minimum absolute atomic E-state index is 0.160. The van der Waals surface area contributed by atoms with Gasteiger partial charge < -0.3 is 10.4 Å². The zero-order valence-corrected chi connectivity index (χ0v) is 11.7. The first-order valence-corrected chi connectivity index (χ1v) is 6.98. The highest BCUT2D eigenvalue weighted by atomic mass is 35.5. The van der Waals surface area contributed by atoms with E-state index in [0.717, 1.165) is 31.7 Å². The van der Waals surface area contributed by atoms with Crippen LogP contribution in [0.3, 0.4) is 0 Å². The molecule has 1 aliphatic rings. The second-order valence-corrected chi connectivity index (χ2v) is 5.32. The van der Waals surface area contributed by atoms with Crippen LogP contribution in [-0.2, 0) is 0 Å². The molecule has 1 saturated heterocycles. The molecule has 0 aromatic heterocycles. The number of rotatable bonds is 4. The lowest BCUT2D eigenvalue weighted by Gasteiger charge is -2.35. The van der Waals surface area contributed by atoms with Crippen molar-refractivity contribution in [2.75, 3.05) is 32.8 Å². The van der Waals surface area contributed by atoms with Gasteiger partial charge in [-0.3, -0.25) is 4.90 Å². The van der Waals surface area contributed by atoms with E-state index in [1.165, 1.54) is 0 Å². The number of hydrogen-bond acceptors (Lipinski definition) is 3. The predicted octanol–water partition coefficient (Wildman–Crippen LogP) is 2.32. The first-order chi connectivity index (χ1) is 8.72. The zero-order valence-electron chi connectivity index (χ0n) is 10.2. The van der Waals surface area contributed by atoms with Gasteiger partial charge in [-0.15, -0.1) is 0 Å². The van der Waals surface area contributed by atoms with Crippen LogP contribution in [0, 0.1) is 0 Å². The molecule has 0 bridgehead atoms. The standard InChI is InChI=1S/C13H18Cl2N2O/c14-10-1-2-11(12(15)9-10)13(3-8-18)17-6-4-16-5-7-17/h1-2,9,13,16,18H,3-8H2/t13-/m1/s1. The Bertz CT molecular complexity index is 395. The van der Waals surface area contributed by atoms with Gasteiger partial charge in [0.15, 0.2) is 0 Å². The summed E-state index contributed by atoms with van der Waals surface area (Å²) in [6.07, 6.45) is 0.696. The number of halogens is 2. The molecule has 2 N–H and O–H groups in total. The topological polar surface area (TPSA) is 35.5 Å². The van der Waals surface area contributed by atoms with Crippen molar-refractivity contribution in [2.45, 2.75) is 12.5 Å². The third kappa shape index (κ3) is 3.37. The van der Waals surface area contributed by atoms with Crippen LogP contribution in [0.15, 0.2) is 18.2 Å². The molecule has 1 atom stereocenters. The molecule has 3 nitrogen and oxygen atoms in total. The monoisotopic (exact) mass is 288 g/mol. The van der Waals surface area contributed by atoms with E-state index >= 15 is 0 Å². The normalized spacial score (nSPS) is 18.8. The average molecular weight is 289 g/mol. The summed E-state index contributed by atoms with van der Waals surface area (Å²) in [7, 11) is 0. The summed E-state index contributed by atoms with van der Waals surface area (Å²) in [6.45, 7) is 4.07. The van der Waals surface area contributed by atoms with E-state index < -0.39 is 0 Å². The van der Waals surface area contributed by atoms with Crippen LogP contribution in [0.2, 0.25) is 10.0 Å². The molecule has 0 amide bonds. The minimum atomic E-state index is 0.160. The Balaban J connectivity index is 2.22. The second kappa shape index (κ2) is 6.73. The van der Waals surface area contributed by atoms with Gasteiger partial charge in [0, 0.05) is 48.9 Å². The number of nitrogens with one attached hydrogen (secondary N) is 1. The third-order valence-electron chi connectivity index (χ3n) is 3.32. The van der Waals surface area contributed by atoms with E-state index in [2.05, 4.69) is 10.2 Å². The van der Waals surface area contributed by atoms with Crippen molar-refractivity contribution in [3.63, 3.8) is 0 Å². The number of piperazine rings is 1. The van der Waals surface area contributed by atoms with Crippen molar-refractivity contribution in [3.8, 4) is 0 Å². The first kappa shape index (κ1) is 14.1. The van der Waals surface area contributed by atoms with Gasteiger partial charge in [-0.25, -0.2) is 0 Å². The molecule has 0 aliphatic carbocycles. The Morgan fingerprint density at radius 3 is 2.61 bits per heavy atom. The molecule has 1 aromatic rings. The maximum Gasteiger partial charge on any atom is 0.0468 e. The van der Waals surface area contributed by atoms with Crippen LogP contribution in [-0.4, -0.2) is 42.8 Å². The van der Waals surface area contributed by atoms with Crippen LogP contribution in [0.25, 0.3) is 0 Å². The van der Waals surface area contributed by atoms with Crippen molar-refractivity contribution in [1.82, 2.24) is 10.2 Å². The molecule has 0 saturated carbocycles. The van der Waals surface area contributed by atoms with Gasteiger partial charge in [-0.05, 0) is 24.1 Å². The molecule has 1 aliphatic heterocycles. The molecule has 100 valence electrons. The Kier molecular flexibility index (Phi) is 5.27. The number of nitrogens with zero attached hydrogens (tertiary/aromatic N) is 1. The van der Waals surface area contributed by atoms with Crippen LogP contribution in [0.5, 0.6) is 0 Å². The fraction of sp³-hybridized carbons (Fsp3) is 0.538. The van der Waals surface area contributed by atoms with Gasteiger partial charge in [0.25, 0.3) is 0 Å². The first-order valence-electron chi connectivity index (χ1n) is 6.23. The lowest BCUT2D eigenvalue weighted by atomic mass is 10.0. The van der Waals surface area contributed by atoms with E-state index in [1.807, 2.05) is 12.1 Å². The summed E-state index contributed by atoms with van der Waals surface area (Å²) in [5.41, 5.74) is 1.05. The SMILES string of the molecule is OCC[C@H](c1ccc(Cl)cc1Cl)N1CCNCC1. The molecule has 1 fully saturated rings. The summed E-state index contributed by atoms with van der Waals surface area (Å²) < 4.78 is 0. The number of hydrogen-bond donors (Lipinski definition) is 2. The third-order valence-corrected chi connectivity index (χ3v) is 3.88. The van der Waals surface area contributed by atoms with Gasteiger partial charge in [-0.2, -0.15) is 0 Å². The number of aliphatic hydroxyl groups excluding tert-OH is 1. The summed E-state index contributed by atoms with van der Waals surface area (Å²) in [5.74, 6) is 0. The van der Waals surface area contributed by atoms with Gasteiger partial charge in [-0.1, -0.05) is 29.3 Å². The van der Waals surface area contributed by atoms with E-state index in [9.17, 15) is 5.11 Å². The maximum atomic E-state index is 9.26. The second-order valence-electron chi connectivity index (χ2n) is 4.48. The Labute approximate surface area is 118 Å². The quantitative estimate of drug-likeness (QED) is 0.893. The van der Waals surface area contributed by atoms with Crippen LogP contribution in [0.4, 0.5) is 0 Å². The van der Waals surface area contributed by atoms with Crippen LogP contribution < -0.4 is 5.32 Å². The van der Waals surface area contributed by atoms with E-state index in [1.54, 1.807) is 6.07 Å². The zero-order chi connectivity index (χ0) is 13.0. The maximum absolute atomic E-state index is 9.26. The van der Waals surface area contributed by atoms with E-state index in [0.29, 0.717) is 16.5 Å². The Morgan fingerprint density at radius 2 is 2.00 bits per heavy atom. The smallest absolute Gasteiger partial charge is 0.0468 e. The number of benzene rings is 1. The molecule has 2 rings (SSSR count). The Hall–Kier alpha value is -0.320. The highest BCUT2D eigenvalue weighted by Crippen LogP contribution is 2.32. The lowest BCUT2D eigenvalue weighted by molar-refractivity contribution is 0.141. The van der Waals surface area contributed by atoms with Crippen LogP contribution >= 0.6 is 23.2 Å².